The molecule has 0 spiro atoms. The zero-order valence-corrected chi connectivity index (χ0v) is 13.4. The van der Waals surface area contributed by atoms with E-state index in [-0.39, 0.29) is 11.8 Å². The minimum Gasteiger partial charge on any atom is -0.398 e. The van der Waals surface area contributed by atoms with Gasteiger partial charge in [0.05, 0.1) is 12.9 Å². The maximum Gasteiger partial charge on any atom is 0.224 e. The summed E-state index contributed by atoms with van der Waals surface area (Å²) in [6.07, 6.45) is 1.65. The molecule has 8 nitrogen and oxygen atoms in total. The van der Waals surface area contributed by atoms with Gasteiger partial charge in [0.15, 0.2) is 11.5 Å². The molecule has 8 heteroatoms. The second-order valence-corrected chi connectivity index (χ2v) is 5.69. The van der Waals surface area contributed by atoms with E-state index in [1.54, 1.807) is 6.33 Å². The maximum atomic E-state index is 6.30. The summed E-state index contributed by atoms with van der Waals surface area (Å²) in [6.45, 7) is 6.38. The van der Waals surface area contributed by atoms with Gasteiger partial charge in [0.1, 0.15) is 5.52 Å². The Balaban J connectivity index is 2.17. The Kier molecular flexibility index (Phi) is 3.24. The topological polar surface area (TPSA) is 148 Å². The average Bonchev–Trinajstić information content (AvgIpc) is 2.91. The van der Waals surface area contributed by atoms with E-state index in [1.807, 2.05) is 25.3 Å². The van der Waals surface area contributed by atoms with Gasteiger partial charge in [-0.25, -0.2) is 4.98 Å². The molecule has 8 N–H and O–H groups in total. The quantitative estimate of drug-likeness (QED) is 0.518. The highest BCUT2D eigenvalue weighted by molar-refractivity contribution is 5.83. The van der Waals surface area contributed by atoms with Crippen molar-refractivity contribution in [2.45, 2.75) is 27.3 Å². The monoisotopic (exact) mass is 312 g/mol. The van der Waals surface area contributed by atoms with Gasteiger partial charge in [-0.3, -0.25) is 0 Å². The maximum absolute atomic E-state index is 6.30. The minimum atomic E-state index is 0.112. The van der Waals surface area contributed by atoms with Crippen molar-refractivity contribution in [3.8, 4) is 0 Å². The van der Waals surface area contributed by atoms with Crippen molar-refractivity contribution in [3.05, 3.63) is 28.6 Å². The summed E-state index contributed by atoms with van der Waals surface area (Å²) in [5.41, 5.74) is 30.5. The molecule has 0 amide bonds. The Hall–Kier alpha value is -3.03. The lowest BCUT2D eigenvalue weighted by atomic mass is 9.95. The van der Waals surface area contributed by atoms with Crippen molar-refractivity contribution in [2.75, 3.05) is 22.9 Å². The Morgan fingerprint density at radius 1 is 0.913 bits per heavy atom. The molecule has 3 rings (SSSR count). The van der Waals surface area contributed by atoms with Gasteiger partial charge in [-0.15, -0.1) is 0 Å². The molecule has 1 aromatic carbocycles. The van der Waals surface area contributed by atoms with E-state index in [0.29, 0.717) is 17.7 Å². The summed E-state index contributed by atoms with van der Waals surface area (Å²) >= 11 is 0. The first-order chi connectivity index (χ1) is 10.8. The third-order valence-electron chi connectivity index (χ3n) is 4.39. The third kappa shape index (κ3) is 2.19. The van der Waals surface area contributed by atoms with Gasteiger partial charge in [0.2, 0.25) is 5.95 Å². The molecule has 3 aromatic rings. The number of imidazole rings is 1. The first-order valence-corrected chi connectivity index (χ1v) is 7.18. The number of aromatic nitrogens is 4. The second-order valence-electron chi connectivity index (χ2n) is 5.69. The summed E-state index contributed by atoms with van der Waals surface area (Å²) in [7, 11) is 0. The van der Waals surface area contributed by atoms with Crippen LogP contribution in [0.5, 0.6) is 0 Å². The van der Waals surface area contributed by atoms with Crippen LogP contribution in [0.4, 0.5) is 23.1 Å². The third-order valence-corrected chi connectivity index (χ3v) is 4.39. The fourth-order valence-corrected chi connectivity index (χ4v) is 2.75. The molecule has 0 aliphatic rings. The molecule has 0 bridgehead atoms. The van der Waals surface area contributed by atoms with Gasteiger partial charge in [-0.05, 0) is 37.5 Å². The predicted molar refractivity (Wildman–Crippen MR) is 92.7 cm³/mol. The van der Waals surface area contributed by atoms with E-state index < -0.39 is 0 Å². The number of fused-ring (bicyclic) bond motifs is 1. The molecule has 0 radical (unpaired) electrons. The van der Waals surface area contributed by atoms with Gasteiger partial charge >= 0.3 is 0 Å². The van der Waals surface area contributed by atoms with Crippen molar-refractivity contribution in [1.29, 1.82) is 0 Å². The number of hydrogen-bond donors (Lipinski definition) is 4. The highest BCUT2D eigenvalue weighted by atomic mass is 15.2. The van der Waals surface area contributed by atoms with Crippen LogP contribution in [0.3, 0.4) is 0 Å². The fourth-order valence-electron chi connectivity index (χ4n) is 2.75. The number of hydrogen-bond acceptors (Lipinski definition) is 7. The lowest BCUT2D eigenvalue weighted by Gasteiger charge is -2.18. The summed E-state index contributed by atoms with van der Waals surface area (Å²) < 4.78 is 1.84. The number of rotatable bonds is 2. The average molecular weight is 312 g/mol. The lowest BCUT2D eigenvalue weighted by molar-refractivity contribution is 0.810. The van der Waals surface area contributed by atoms with Crippen LogP contribution in [0.15, 0.2) is 6.33 Å². The zero-order valence-electron chi connectivity index (χ0n) is 13.4. The van der Waals surface area contributed by atoms with Gasteiger partial charge in [-0.1, -0.05) is 0 Å². The zero-order chi connectivity index (χ0) is 16.9. The second kappa shape index (κ2) is 5.01. The van der Waals surface area contributed by atoms with Crippen LogP contribution < -0.4 is 22.9 Å². The van der Waals surface area contributed by atoms with Crippen molar-refractivity contribution in [2.24, 2.45) is 0 Å². The van der Waals surface area contributed by atoms with Gasteiger partial charge in [-0.2, -0.15) is 9.97 Å². The highest BCUT2D eigenvalue weighted by Gasteiger charge is 2.16. The molecule has 23 heavy (non-hydrogen) atoms. The van der Waals surface area contributed by atoms with Crippen LogP contribution in [0.2, 0.25) is 0 Å². The van der Waals surface area contributed by atoms with Crippen LogP contribution in [0.1, 0.15) is 22.3 Å². The standard InChI is InChI=1S/C15H20N8/c1-6-7(2)11(17)9(8(3)10(6)16)4-23-5-20-12-13(18)21-15(19)22-14(12)23/h5H,4,16-17H2,1-3H3,(H4,18,19,21,22). The molecule has 0 unspecified atom stereocenters. The lowest BCUT2D eigenvalue weighted by Crippen LogP contribution is -2.11. The number of anilines is 4. The molecule has 0 aliphatic heterocycles. The normalized spacial score (nSPS) is 11.3. The van der Waals surface area contributed by atoms with E-state index in [1.165, 1.54) is 0 Å². The van der Waals surface area contributed by atoms with Crippen LogP contribution in [-0.4, -0.2) is 19.5 Å². The number of nitrogens with zero attached hydrogens (tertiary/aromatic N) is 4. The van der Waals surface area contributed by atoms with Crippen molar-refractivity contribution in [1.82, 2.24) is 19.5 Å². The molecule has 120 valence electrons. The summed E-state index contributed by atoms with van der Waals surface area (Å²) in [5.74, 6) is 0.372. The van der Waals surface area contributed by atoms with Gasteiger partial charge in [0, 0.05) is 16.9 Å². The van der Waals surface area contributed by atoms with Crippen LogP contribution in [0, 0.1) is 20.8 Å². The Bertz CT molecular complexity index is 896. The predicted octanol–water partition coefficient (Wildman–Crippen LogP) is 1.13. The minimum absolute atomic E-state index is 0.112. The summed E-state index contributed by atoms with van der Waals surface area (Å²) in [6, 6.07) is 0. The summed E-state index contributed by atoms with van der Waals surface area (Å²) in [5, 5.41) is 0. The molecule has 0 saturated carbocycles. The van der Waals surface area contributed by atoms with E-state index in [9.17, 15) is 0 Å². The number of nitrogens with two attached hydrogens (primary N) is 4. The molecule has 0 aliphatic carbocycles. The van der Waals surface area contributed by atoms with Crippen molar-refractivity contribution < 1.29 is 0 Å². The molecule has 0 saturated heterocycles. The van der Waals surface area contributed by atoms with Crippen LogP contribution >= 0.6 is 0 Å². The van der Waals surface area contributed by atoms with Crippen LogP contribution in [0.25, 0.3) is 11.2 Å². The van der Waals surface area contributed by atoms with Gasteiger partial charge in [0.25, 0.3) is 0 Å². The molecule has 0 atom stereocenters. The van der Waals surface area contributed by atoms with E-state index in [2.05, 4.69) is 15.0 Å². The smallest absolute Gasteiger partial charge is 0.224 e. The van der Waals surface area contributed by atoms with E-state index >= 15 is 0 Å². The molecule has 2 heterocycles. The molecular formula is C15H20N8. The molecule has 2 aromatic heterocycles. The number of benzene rings is 1. The van der Waals surface area contributed by atoms with E-state index in [0.717, 1.165) is 33.6 Å². The largest absolute Gasteiger partial charge is 0.398 e. The van der Waals surface area contributed by atoms with Crippen molar-refractivity contribution >= 4 is 34.3 Å². The summed E-state index contributed by atoms with van der Waals surface area (Å²) in [4.78, 5) is 12.4. The first kappa shape index (κ1) is 14.9. The van der Waals surface area contributed by atoms with Crippen LogP contribution in [-0.2, 0) is 6.54 Å². The molecular weight excluding hydrogens is 292 g/mol. The highest BCUT2D eigenvalue weighted by Crippen LogP contribution is 2.32. The fraction of sp³-hybridized carbons (Fsp3) is 0.267. The number of nitrogen functional groups attached to an aromatic ring is 4. The molecule has 0 fully saturated rings. The Morgan fingerprint density at radius 3 is 2.26 bits per heavy atom. The Morgan fingerprint density at radius 2 is 1.57 bits per heavy atom. The Labute approximate surface area is 133 Å². The first-order valence-electron chi connectivity index (χ1n) is 7.18. The van der Waals surface area contributed by atoms with Crippen molar-refractivity contribution in [3.63, 3.8) is 0 Å². The van der Waals surface area contributed by atoms with Gasteiger partial charge < -0.3 is 27.5 Å². The SMILES string of the molecule is Cc1c(C)c(N)c(Cn2cnc3c(N)nc(N)nc32)c(C)c1N. The van der Waals surface area contributed by atoms with E-state index in [4.69, 9.17) is 22.9 Å².